The summed E-state index contributed by atoms with van der Waals surface area (Å²) in [7, 11) is 0. The highest BCUT2D eigenvalue weighted by molar-refractivity contribution is 5.72. The molecule has 184 valence electrons. The maximum absolute atomic E-state index is 4.87. The van der Waals surface area contributed by atoms with Gasteiger partial charge in [-0.05, 0) is 83.4 Å². The Bertz CT molecular complexity index is 1260. The number of rotatable bonds is 6. The van der Waals surface area contributed by atoms with E-state index in [9.17, 15) is 0 Å². The van der Waals surface area contributed by atoms with Crippen molar-refractivity contribution in [3.8, 4) is 28.2 Å². The summed E-state index contributed by atoms with van der Waals surface area (Å²) in [5.74, 6) is 2.87. The van der Waals surface area contributed by atoms with Gasteiger partial charge < -0.3 is 0 Å². The fourth-order valence-corrected chi connectivity index (χ4v) is 6.57. The van der Waals surface area contributed by atoms with E-state index in [1.807, 2.05) is 6.20 Å². The molecule has 0 N–H and O–H groups in total. The first-order valence-electron chi connectivity index (χ1n) is 14.1. The zero-order chi connectivity index (χ0) is 24.5. The normalized spacial score (nSPS) is 16.9. The molecule has 0 aliphatic heterocycles. The summed E-state index contributed by atoms with van der Waals surface area (Å²) >= 11 is 0. The molecule has 0 radical (unpaired) electrons. The Morgan fingerprint density at radius 1 is 0.694 bits per heavy atom. The van der Waals surface area contributed by atoms with E-state index in [2.05, 4.69) is 91.3 Å². The number of aromatic nitrogens is 2. The molecule has 3 aromatic carbocycles. The average Bonchev–Trinajstić information content (AvgIpc) is 3.71. The third kappa shape index (κ3) is 4.43. The Kier molecular flexibility index (Phi) is 6.52. The topological polar surface area (TPSA) is 17.8 Å². The minimum absolute atomic E-state index is 0.558. The zero-order valence-electron chi connectivity index (χ0n) is 21.8. The Hall–Kier alpha value is -3.13. The van der Waals surface area contributed by atoms with Crippen LogP contribution in [-0.4, -0.2) is 9.55 Å². The third-order valence-corrected chi connectivity index (χ3v) is 8.58. The maximum atomic E-state index is 4.87. The highest BCUT2D eigenvalue weighted by atomic mass is 15.1. The highest BCUT2D eigenvalue weighted by Crippen LogP contribution is 2.46. The first-order valence-corrected chi connectivity index (χ1v) is 14.1. The lowest BCUT2D eigenvalue weighted by atomic mass is 9.84. The molecule has 36 heavy (non-hydrogen) atoms. The van der Waals surface area contributed by atoms with Crippen molar-refractivity contribution < 1.29 is 0 Å². The summed E-state index contributed by atoms with van der Waals surface area (Å²) in [6.45, 7) is 4.55. The van der Waals surface area contributed by atoms with Crippen LogP contribution in [0.1, 0.15) is 99.7 Å². The van der Waals surface area contributed by atoms with Crippen molar-refractivity contribution in [1.29, 1.82) is 0 Å². The molecule has 2 saturated carbocycles. The summed E-state index contributed by atoms with van der Waals surface area (Å²) in [6, 6.07) is 25.1. The second-order valence-electron chi connectivity index (χ2n) is 11.2. The lowest BCUT2D eigenvalue weighted by Crippen LogP contribution is -2.10. The van der Waals surface area contributed by atoms with E-state index in [0.29, 0.717) is 17.8 Å². The van der Waals surface area contributed by atoms with Crippen molar-refractivity contribution in [2.24, 2.45) is 0 Å². The van der Waals surface area contributed by atoms with E-state index in [4.69, 9.17) is 4.98 Å². The van der Waals surface area contributed by atoms with Crippen molar-refractivity contribution in [1.82, 2.24) is 9.55 Å². The van der Waals surface area contributed by atoms with Crippen molar-refractivity contribution in [3.05, 3.63) is 95.8 Å². The minimum atomic E-state index is 0.558. The molecule has 1 aromatic heterocycles. The molecule has 1 heterocycles. The van der Waals surface area contributed by atoms with Crippen molar-refractivity contribution in [3.63, 3.8) is 0 Å². The quantitative estimate of drug-likeness (QED) is 0.272. The molecular weight excluding hydrogens is 436 g/mol. The molecule has 0 amide bonds. The summed E-state index contributed by atoms with van der Waals surface area (Å²) in [5, 5.41) is 0. The van der Waals surface area contributed by atoms with Gasteiger partial charge >= 0.3 is 0 Å². The standard InChI is InChI=1S/C34H38N2/c1-24(2)25-16-18-26(19-17-25)30-22-31(27-10-6-7-11-27)33(32(23-30)28-12-8-9-13-28)36-21-20-35-34(36)29-14-4-3-5-15-29/h3-5,14-24,27-28H,6-13H2,1-2H3. The van der Waals surface area contributed by atoms with Crippen LogP contribution in [-0.2, 0) is 0 Å². The van der Waals surface area contributed by atoms with Crippen LogP contribution < -0.4 is 0 Å². The van der Waals surface area contributed by atoms with Crippen LogP contribution in [0.2, 0.25) is 0 Å². The van der Waals surface area contributed by atoms with Gasteiger partial charge in [0, 0.05) is 18.0 Å². The molecule has 0 spiro atoms. The first-order chi connectivity index (χ1) is 17.7. The van der Waals surface area contributed by atoms with Crippen molar-refractivity contribution >= 4 is 0 Å². The lowest BCUT2D eigenvalue weighted by Gasteiger charge is -2.26. The van der Waals surface area contributed by atoms with Crippen LogP contribution in [0.4, 0.5) is 0 Å². The van der Waals surface area contributed by atoms with Crippen molar-refractivity contribution in [2.45, 2.75) is 83.0 Å². The minimum Gasteiger partial charge on any atom is -0.299 e. The van der Waals surface area contributed by atoms with Gasteiger partial charge in [0.15, 0.2) is 0 Å². The van der Waals surface area contributed by atoms with Crippen LogP contribution in [0.25, 0.3) is 28.2 Å². The summed E-state index contributed by atoms with van der Waals surface area (Å²) in [4.78, 5) is 4.87. The highest BCUT2D eigenvalue weighted by Gasteiger charge is 2.29. The molecule has 0 unspecified atom stereocenters. The Morgan fingerprint density at radius 3 is 1.83 bits per heavy atom. The smallest absolute Gasteiger partial charge is 0.144 e. The van der Waals surface area contributed by atoms with Gasteiger partial charge in [-0.1, -0.05) is 94.1 Å². The molecule has 2 nitrogen and oxygen atoms in total. The van der Waals surface area contributed by atoms with Crippen LogP contribution in [0.3, 0.4) is 0 Å². The fraction of sp³-hybridized carbons (Fsp3) is 0.382. The Balaban J connectivity index is 1.57. The lowest BCUT2D eigenvalue weighted by molar-refractivity contribution is 0.689. The summed E-state index contributed by atoms with van der Waals surface area (Å²) in [5.41, 5.74) is 9.83. The Labute approximate surface area is 216 Å². The molecular formula is C34H38N2. The van der Waals surface area contributed by atoms with Gasteiger partial charge in [0.1, 0.15) is 5.82 Å². The zero-order valence-corrected chi connectivity index (χ0v) is 21.8. The second kappa shape index (κ2) is 10.1. The van der Waals surface area contributed by atoms with Gasteiger partial charge in [0.25, 0.3) is 0 Å². The number of nitrogens with zero attached hydrogens (tertiary/aromatic N) is 2. The molecule has 2 heteroatoms. The molecule has 2 aliphatic rings. The SMILES string of the molecule is CC(C)c1ccc(-c2cc(C3CCCC3)c(-n3ccnc3-c3ccccc3)c(C3CCCC3)c2)cc1. The second-order valence-corrected chi connectivity index (χ2v) is 11.2. The monoisotopic (exact) mass is 474 g/mol. The maximum Gasteiger partial charge on any atom is 0.144 e. The predicted molar refractivity (Wildman–Crippen MR) is 151 cm³/mol. The van der Waals surface area contributed by atoms with E-state index < -0.39 is 0 Å². The molecule has 0 saturated heterocycles. The van der Waals surface area contributed by atoms with Gasteiger partial charge in [0.2, 0.25) is 0 Å². The number of benzene rings is 3. The number of hydrogen-bond acceptors (Lipinski definition) is 1. The van der Waals surface area contributed by atoms with Crippen LogP contribution in [0.15, 0.2) is 79.1 Å². The predicted octanol–water partition coefficient (Wildman–Crippen LogP) is 9.64. The Morgan fingerprint density at radius 2 is 1.28 bits per heavy atom. The molecule has 0 bridgehead atoms. The molecule has 0 atom stereocenters. The molecule has 2 aliphatic carbocycles. The van der Waals surface area contributed by atoms with Crippen LogP contribution >= 0.6 is 0 Å². The number of hydrogen-bond donors (Lipinski definition) is 0. The number of imidazole rings is 1. The van der Waals surface area contributed by atoms with Crippen molar-refractivity contribution in [2.75, 3.05) is 0 Å². The largest absolute Gasteiger partial charge is 0.299 e. The molecule has 6 rings (SSSR count). The van der Waals surface area contributed by atoms with E-state index in [1.54, 1.807) is 0 Å². The van der Waals surface area contributed by atoms with Gasteiger partial charge in [0.05, 0.1) is 5.69 Å². The summed E-state index contributed by atoms with van der Waals surface area (Å²) in [6.07, 6.45) is 14.7. The van der Waals surface area contributed by atoms with Crippen LogP contribution in [0.5, 0.6) is 0 Å². The first kappa shape index (κ1) is 23.3. The summed E-state index contributed by atoms with van der Waals surface area (Å²) < 4.78 is 2.42. The van der Waals surface area contributed by atoms with E-state index >= 15 is 0 Å². The third-order valence-electron chi connectivity index (χ3n) is 8.58. The van der Waals surface area contributed by atoms with Gasteiger partial charge in [-0.3, -0.25) is 4.57 Å². The van der Waals surface area contributed by atoms with Gasteiger partial charge in [-0.15, -0.1) is 0 Å². The molecule has 2 fully saturated rings. The average molecular weight is 475 g/mol. The van der Waals surface area contributed by atoms with Crippen LogP contribution in [0, 0.1) is 0 Å². The van der Waals surface area contributed by atoms with E-state index in [1.165, 1.54) is 90.4 Å². The van der Waals surface area contributed by atoms with Gasteiger partial charge in [-0.2, -0.15) is 0 Å². The van der Waals surface area contributed by atoms with E-state index in [-0.39, 0.29) is 0 Å². The fourth-order valence-electron chi connectivity index (χ4n) is 6.57. The van der Waals surface area contributed by atoms with Gasteiger partial charge in [-0.25, -0.2) is 4.98 Å². The van der Waals surface area contributed by atoms with E-state index in [0.717, 1.165) is 5.82 Å². The molecule has 4 aromatic rings.